The van der Waals surface area contributed by atoms with E-state index < -0.39 is 35.1 Å². The van der Waals surface area contributed by atoms with E-state index in [1.165, 1.54) is 13.2 Å². The lowest BCUT2D eigenvalue weighted by Crippen LogP contribution is -2.31. The molecule has 0 atom stereocenters. The van der Waals surface area contributed by atoms with Gasteiger partial charge in [-0.3, -0.25) is 9.59 Å². The molecule has 0 aromatic heterocycles. The van der Waals surface area contributed by atoms with Gasteiger partial charge in [-0.05, 0) is 36.3 Å². The van der Waals surface area contributed by atoms with Gasteiger partial charge in [0.1, 0.15) is 12.3 Å². The van der Waals surface area contributed by atoms with E-state index in [9.17, 15) is 18.0 Å². The third-order valence-electron chi connectivity index (χ3n) is 3.65. The van der Waals surface area contributed by atoms with Crippen molar-refractivity contribution in [3.63, 3.8) is 0 Å². The highest BCUT2D eigenvalue weighted by Crippen LogP contribution is 2.24. The van der Waals surface area contributed by atoms with Gasteiger partial charge in [-0.25, -0.2) is 13.1 Å². The monoisotopic (exact) mass is 418 g/mol. The number of carbonyl (C=O) groups is 2. The molecule has 2 aromatic rings. The fraction of sp³-hybridized carbons (Fsp3) is 0.200. The summed E-state index contributed by atoms with van der Waals surface area (Å²) in [6, 6.07) is 14.1. The predicted octanol–water partition coefficient (Wildman–Crippen LogP) is 2.08. The molecule has 0 bridgehead atoms. The van der Waals surface area contributed by atoms with Crippen LogP contribution in [0.5, 0.6) is 5.75 Å². The molecule has 0 aliphatic carbocycles. The van der Waals surface area contributed by atoms with Crippen LogP contribution in [0.25, 0.3) is 6.08 Å². The first-order chi connectivity index (χ1) is 13.8. The molecular formula is C20H22N2O6S. The summed E-state index contributed by atoms with van der Waals surface area (Å²) in [7, 11) is -2.35. The Morgan fingerprint density at radius 2 is 1.83 bits per heavy atom. The van der Waals surface area contributed by atoms with E-state index >= 15 is 0 Å². The van der Waals surface area contributed by atoms with Gasteiger partial charge in [0.15, 0.2) is 6.61 Å². The number of aryl methyl sites for hydroxylation is 1. The van der Waals surface area contributed by atoms with Crippen LogP contribution in [-0.4, -0.2) is 40.6 Å². The molecule has 29 heavy (non-hydrogen) atoms. The molecule has 0 saturated carbocycles. The molecule has 2 rings (SSSR count). The van der Waals surface area contributed by atoms with Crippen LogP contribution in [0, 0.1) is 6.92 Å². The van der Waals surface area contributed by atoms with Gasteiger partial charge in [0.2, 0.25) is 10.0 Å². The molecule has 154 valence electrons. The standard InChI is InChI=1S/C20H22N2O6S/c1-15-8-9-18(27-2)17(12-15)22-19(23)14-28-20(24)13-21-29(25,26)11-10-16-6-4-3-5-7-16/h3-12,21H,13-14H2,1-2H3,(H,22,23)/b11-10+. The third kappa shape index (κ3) is 7.76. The molecule has 0 radical (unpaired) electrons. The number of ether oxygens (including phenoxy) is 2. The number of benzene rings is 2. The first-order valence-electron chi connectivity index (χ1n) is 8.62. The van der Waals surface area contributed by atoms with Crippen molar-refractivity contribution >= 4 is 33.7 Å². The van der Waals surface area contributed by atoms with Gasteiger partial charge in [0.25, 0.3) is 5.91 Å². The maximum atomic E-state index is 12.0. The number of rotatable bonds is 9. The normalized spacial score (nSPS) is 11.2. The van der Waals surface area contributed by atoms with Crippen molar-refractivity contribution in [2.75, 3.05) is 25.6 Å². The van der Waals surface area contributed by atoms with Crippen LogP contribution < -0.4 is 14.8 Å². The molecular weight excluding hydrogens is 396 g/mol. The van der Waals surface area contributed by atoms with Crippen LogP contribution in [0.1, 0.15) is 11.1 Å². The maximum absolute atomic E-state index is 12.0. The summed E-state index contributed by atoms with van der Waals surface area (Å²) in [6.07, 6.45) is 1.40. The zero-order valence-corrected chi connectivity index (χ0v) is 16.9. The minimum atomic E-state index is -3.82. The van der Waals surface area contributed by atoms with Gasteiger partial charge in [-0.15, -0.1) is 0 Å². The van der Waals surface area contributed by atoms with Crippen LogP contribution in [0.2, 0.25) is 0 Å². The Morgan fingerprint density at radius 3 is 2.52 bits per heavy atom. The Labute approximate surface area is 169 Å². The van der Waals surface area contributed by atoms with E-state index in [-0.39, 0.29) is 0 Å². The molecule has 0 saturated heterocycles. The highest BCUT2D eigenvalue weighted by molar-refractivity contribution is 7.92. The number of nitrogens with one attached hydrogen (secondary N) is 2. The second kappa shape index (κ2) is 10.4. The summed E-state index contributed by atoms with van der Waals surface area (Å²) in [6.45, 7) is 0.702. The van der Waals surface area contributed by atoms with Crippen molar-refractivity contribution in [1.29, 1.82) is 0 Å². The van der Waals surface area contributed by atoms with Crippen molar-refractivity contribution in [3.05, 3.63) is 65.1 Å². The first-order valence-corrected chi connectivity index (χ1v) is 10.2. The highest BCUT2D eigenvalue weighted by atomic mass is 32.2. The number of carbonyl (C=O) groups excluding carboxylic acids is 2. The van der Waals surface area contributed by atoms with Crippen LogP contribution in [0.4, 0.5) is 5.69 Å². The van der Waals surface area contributed by atoms with Gasteiger partial charge in [-0.1, -0.05) is 36.4 Å². The average Bonchev–Trinajstić information content (AvgIpc) is 2.70. The molecule has 1 amide bonds. The van der Waals surface area contributed by atoms with Crippen molar-refractivity contribution in [2.24, 2.45) is 0 Å². The lowest BCUT2D eigenvalue weighted by molar-refractivity contribution is -0.146. The lowest BCUT2D eigenvalue weighted by atomic mass is 10.2. The Hall–Kier alpha value is -3.17. The van der Waals surface area contributed by atoms with E-state index in [1.54, 1.807) is 36.4 Å². The van der Waals surface area contributed by atoms with E-state index in [4.69, 9.17) is 9.47 Å². The van der Waals surface area contributed by atoms with Crippen molar-refractivity contribution in [1.82, 2.24) is 4.72 Å². The van der Waals surface area contributed by atoms with Crippen LogP contribution in [0.3, 0.4) is 0 Å². The molecule has 0 spiro atoms. The topological polar surface area (TPSA) is 111 Å². The zero-order chi connectivity index (χ0) is 21.3. The summed E-state index contributed by atoms with van der Waals surface area (Å²) >= 11 is 0. The lowest BCUT2D eigenvalue weighted by Gasteiger charge is -2.11. The fourth-order valence-electron chi connectivity index (χ4n) is 2.24. The average molecular weight is 418 g/mol. The van der Waals surface area contributed by atoms with Crippen LogP contribution in [0.15, 0.2) is 53.9 Å². The first kappa shape index (κ1) is 22.1. The summed E-state index contributed by atoms with van der Waals surface area (Å²) in [5, 5.41) is 3.53. The molecule has 0 fully saturated rings. The second-order valence-corrected chi connectivity index (χ2v) is 7.64. The predicted molar refractivity (Wildman–Crippen MR) is 110 cm³/mol. The molecule has 2 N–H and O–H groups in total. The van der Waals surface area contributed by atoms with E-state index in [0.29, 0.717) is 17.0 Å². The quantitative estimate of drug-likeness (QED) is 0.603. The van der Waals surface area contributed by atoms with Crippen LogP contribution in [-0.2, 0) is 24.3 Å². The smallest absolute Gasteiger partial charge is 0.321 e. The summed E-state index contributed by atoms with van der Waals surface area (Å²) < 4.78 is 35.8. The SMILES string of the molecule is COc1ccc(C)cc1NC(=O)COC(=O)CNS(=O)(=O)/C=C/c1ccccc1. The summed E-state index contributed by atoms with van der Waals surface area (Å²) in [4.78, 5) is 23.7. The number of anilines is 1. The molecule has 0 heterocycles. The van der Waals surface area contributed by atoms with Crippen molar-refractivity contribution < 1.29 is 27.5 Å². The third-order valence-corrected chi connectivity index (χ3v) is 4.69. The number of esters is 1. The van der Waals surface area contributed by atoms with Gasteiger partial charge in [0.05, 0.1) is 12.8 Å². The number of sulfonamides is 1. The van der Waals surface area contributed by atoms with Crippen molar-refractivity contribution in [3.8, 4) is 5.75 Å². The molecule has 0 aliphatic heterocycles. The van der Waals surface area contributed by atoms with Gasteiger partial charge in [-0.2, -0.15) is 0 Å². The van der Waals surface area contributed by atoms with Gasteiger partial charge < -0.3 is 14.8 Å². The summed E-state index contributed by atoms with van der Waals surface area (Å²) in [5.41, 5.74) is 2.06. The number of methoxy groups -OCH3 is 1. The second-order valence-electron chi connectivity index (χ2n) is 5.99. The number of amides is 1. The summed E-state index contributed by atoms with van der Waals surface area (Å²) in [5.74, 6) is -0.990. The minimum absolute atomic E-state index is 0.445. The molecule has 2 aromatic carbocycles. The van der Waals surface area contributed by atoms with E-state index in [2.05, 4.69) is 10.0 Å². The zero-order valence-electron chi connectivity index (χ0n) is 16.0. The van der Waals surface area contributed by atoms with Crippen LogP contribution >= 0.6 is 0 Å². The largest absolute Gasteiger partial charge is 0.495 e. The van der Waals surface area contributed by atoms with E-state index in [0.717, 1.165) is 11.0 Å². The number of hydrogen-bond acceptors (Lipinski definition) is 6. The van der Waals surface area contributed by atoms with Gasteiger partial charge >= 0.3 is 5.97 Å². The molecule has 0 unspecified atom stereocenters. The molecule has 8 nitrogen and oxygen atoms in total. The highest BCUT2D eigenvalue weighted by Gasteiger charge is 2.13. The Bertz CT molecular complexity index is 987. The molecule has 0 aliphatic rings. The fourth-order valence-corrected chi connectivity index (χ4v) is 2.99. The number of hydrogen-bond donors (Lipinski definition) is 2. The Kier molecular flexibility index (Phi) is 7.93. The minimum Gasteiger partial charge on any atom is -0.495 e. The molecule has 9 heteroatoms. The van der Waals surface area contributed by atoms with Gasteiger partial charge in [0, 0.05) is 5.41 Å². The van der Waals surface area contributed by atoms with Crippen molar-refractivity contribution in [2.45, 2.75) is 6.92 Å². The Balaban J connectivity index is 1.80. The maximum Gasteiger partial charge on any atom is 0.321 e. The Morgan fingerprint density at radius 1 is 1.10 bits per heavy atom. The van der Waals surface area contributed by atoms with E-state index in [1.807, 2.05) is 19.1 Å².